The average Bonchev–Trinajstić information content (AvgIpc) is 3.20. The molecule has 0 bridgehead atoms. The third-order valence-corrected chi connectivity index (χ3v) is 4.81. The van der Waals surface area contributed by atoms with E-state index in [4.69, 9.17) is 9.47 Å². The Hall–Kier alpha value is -4.22. The second kappa shape index (κ2) is 8.61. The first kappa shape index (κ1) is 23.0. The van der Waals surface area contributed by atoms with Crippen molar-refractivity contribution in [2.45, 2.75) is 6.18 Å². The molecule has 0 aliphatic rings. The van der Waals surface area contributed by atoms with Crippen LogP contribution in [0.25, 0.3) is 16.9 Å². The SMILES string of the molecule is COc1ccc(-c2cc(C(F)(F)F)n3ncc(C(=O)Nc4cc(F)cc(F)c4)c3n2)cc1OC. The number of anilines is 1. The summed E-state index contributed by atoms with van der Waals surface area (Å²) in [6.45, 7) is 0. The molecule has 0 aliphatic heterocycles. The fourth-order valence-corrected chi connectivity index (χ4v) is 3.29. The van der Waals surface area contributed by atoms with Crippen molar-refractivity contribution in [3.05, 3.63) is 71.6 Å². The smallest absolute Gasteiger partial charge is 0.433 e. The molecule has 4 rings (SSSR count). The maximum absolute atomic E-state index is 13.8. The Bertz CT molecular complexity index is 1380. The summed E-state index contributed by atoms with van der Waals surface area (Å²) in [6.07, 6.45) is -3.95. The number of halogens is 5. The minimum absolute atomic E-state index is 0.118. The number of hydrogen-bond donors (Lipinski definition) is 1. The molecule has 12 heteroatoms. The molecule has 2 heterocycles. The predicted molar refractivity (Wildman–Crippen MR) is 111 cm³/mol. The first-order valence-corrected chi connectivity index (χ1v) is 9.56. The van der Waals surface area contributed by atoms with Gasteiger partial charge in [-0.15, -0.1) is 0 Å². The van der Waals surface area contributed by atoms with Crippen LogP contribution >= 0.6 is 0 Å². The quantitative estimate of drug-likeness (QED) is 0.410. The lowest BCUT2D eigenvalue weighted by Crippen LogP contribution is -2.16. The molecule has 0 saturated carbocycles. The number of alkyl halides is 3. The highest BCUT2D eigenvalue weighted by Gasteiger charge is 2.36. The molecule has 0 aliphatic carbocycles. The highest BCUT2D eigenvalue weighted by molar-refractivity contribution is 6.08. The number of hydrogen-bond acceptors (Lipinski definition) is 5. The highest BCUT2D eigenvalue weighted by atomic mass is 19.4. The number of carbonyl (C=O) groups excluding carboxylic acids is 1. The first-order chi connectivity index (χ1) is 16.1. The third kappa shape index (κ3) is 4.34. The second-order valence-electron chi connectivity index (χ2n) is 7.00. The summed E-state index contributed by atoms with van der Waals surface area (Å²) < 4.78 is 79.1. The van der Waals surface area contributed by atoms with E-state index in [1.165, 1.54) is 32.4 Å². The van der Waals surface area contributed by atoms with Crippen LogP contribution in [0, 0.1) is 11.6 Å². The lowest BCUT2D eigenvalue weighted by molar-refractivity contribution is -0.142. The Morgan fingerprint density at radius 3 is 2.26 bits per heavy atom. The van der Waals surface area contributed by atoms with Gasteiger partial charge in [-0.05, 0) is 36.4 Å². The van der Waals surface area contributed by atoms with E-state index in [1.807, 2.05) is 0 Å². The lowest BCUT2D eigenvalue weighted by atomic mass is 10.1. The molecule has 4 aromatic rings. The van der Waals surface area contributed by atoms with Gasteiger partial charge in [0.15, 0.2) is 22.8 Å². The van der Waals surface area contributed by atoms with Crippen LogP contribution in [0.15, 0.2) is 48.7 Å². The van der Waals surface area contributed by atoms with E-state index >= 15 is 0 Å². The highest BCUT2D eigenvalue weighted by Crippen LogP contribution is 2.36. The van der Waals surface area contributed by atoms with Gasteiger partial charge in [-0.1, -0.05) is 0 Å². The Balaban J connectivity index is 1.85. The fraction of sp³-hybridized carbons (Fsp3) is 0.136. The van der Waals surface area contributed by atoms with E-state index in [-0.39, 0.29) is 28.3 Å². The monoisotopic (exact) mass is 478 g/mol. The molecule has 0 spiro atoms. The Labute approximate surface area is 188 Å². The van der Waals surface area contributed by atoms with Crippen molar-refractivity contribution in [1.82, 2.24) is 14.6 Å². The predicted octanol–water partition coefficient (Wildman–Crippen LogP) is 4.96. The summed E-state index contributed by atoms with van der Waals surface area (Å²) in [5.74, 6) is -2.22. The van der Waals surface area contributed by atoms with Crippen molar-refractivity contribution in [3.8, 4) is 22.8 Å². The van der Waals surface area contributed by atoms with Crippen LogP contribution in [-0.2, 0) is 6.18 Å². The fourth-order valence-electron chi connectivity index (χ4n) is 3.29. The molecule has 0 radical (unpaired) electrons. The van der Waals surface area contributed by atoms with Crippen molar-refractivity contribution in [2.24, 2.45) is 0 Å². The summed E-state index contributed by atoms with van der Waals surface area (Å²) in [4.78, 5) is 16.9. The number of rotatable bonds is 5. The van der Waals surface area contributed by atoms with Crippen LogP contribution in [0.4, 0.5) is 27.6 Å². The number of benzene rings is 2. The number of nitrogens with one attached hydrogen (secondary N) is 1. The number of aromatic nitrogens is 3. The van der Waals surface area contributed by atoms with Crippen LogP contribution in [0.3, 0.4) is 0 Å². The van der Waals surface area contributed by atoms with E-state index in [0.29, 0.717) is 16.3 Å². The summed E-state index contributed by atoms with van der Waals surface area (Å²) in [5.41, 5.74) is -2.02. The summed E-state index contributed by atoms with van der Waals surface area (Å²) in [5, 5.41) is 5.90. The maximum Gasteiger partial charge on any atom is 0.433 e. The molecule has 176 valence electrons. The van der Waals surface area contributed by atoms with E-state index in [9.17, 15) is 26.7 Å². The summed E-state index contributed by atoms with van der Waals surface area (Å²) in [7, 11) is 2.78. The standard InChI is InChI=1S/C22H15F5N4O3/c1-33-17-4-3-11(5-18(17)34-2)16-9-19(22(25,26)27)31-20(30-16)15(10-28-31)21(32)29-14-7-12(23)6-13(24)8-14/h3-10H,1-2H3,(H,29,32). The van der Waals surface area contributed by atoms with Gasteiger partial charge in [0.2, 0.25) is 0 Å². The first-order valence-electron chi connectivity index (χ1n) is 9.56. The molecule has 0 atom stereocenters. The van der Waals surface area contributed by atoms with Gasteiger partial charge in [-0.2, -0.15) is 18.3 Å². The molecule has 1 amide bonds. The van der Waals surface area contributed by atoms with Crippen molar-refractivity contribution in [1.29, 1.82) is 0 Å². The molecule has 0 unspecified atom stereocenters. The van der Waals surface area contributed by atoms with Gasteiger partial charge < -0.3 is 14.8 Å². The maximum atomic E-state index is 13.8. The third-order valence-electron chi connectivity index (χ3n) is 4.81. The zero-order valence-corrected chi connectivity index (χ0v) is 17.6. The minimum Gasteiger partial charge on any atom is -0.493 e. The number of carbonyl (C=O) groups is 1. The molecule has 7 nitrogen and oxygen atoms in total. The van der Waals surface area contributed by atoms with Gasteiger partial charge in [-0.25, -0.2) is 18.3 Å². The van der Waals surface area contributed by atoms with E-state index < -0.39 is 35.1 Å². The van der Waals surface area contributed by atoms with Gasteiger partial charge in [0.1, 0.15) is 17.2 Å². The van der Waals surface area contributed by atoms with Crippen molar-refractivity contribution in [2.75, 3.05) is 19.5 Å². The van der Waals surface area contributed by atoms with Crippen LogP contribution in [0.1, 0.15) is 16.1 Å². The number of amides is 1. The number of nitrogens with zero attached hydrogens (tertiary/aromatic N) is 3. The molecule has 1 N–H and O–H groups in total. The average molecular weight is 478 g/mol. The van der Waals surface area contributed by atoms with Crippen LogP contribution < -0.4 is 14.8 Å². The Morgan fingerprint density at radius 2 is 1.65 bits per heavy atom. The van der Waals surface area contributed by atoms with Crippen LogP contribution in [-0.4, -0.2) is 34.7 Å². The normalized spacial score (nSPS) is 11.5. The number of methoxy groups -OCH3 is 2. The molecule has 0 fully saturated rings. The van der Waals surface area contributed by atoms with E-state index in [1.54, 1.807) is 0 Å². The van der Waals surface area contributed by atoms with E-state index in [0.717, 1.165) is 24.4 Å². The molecular weight excluding hydrogens is 463 g/mol. The van der Waals surface area contributed by atoms with Crippen LogP contribution in [0.2, 0.25) is 0 Å². The molecular formula is C22H15F5N4O3. The zero-order chi connectivity index (χ0) is 24.6. The van der Waals surface area contributed by atoms with Crippen molar-refractivity contribution in [3.63, 3.8) is 0 Å². The number of ether oxygens (including phenoxy) is 2. The zero-order valence-electron chi connectivity index (χ0n) is 17.6. The van der Waals surface area contributed by atoms with Crippen LogP contribution in [0.5, 0.6) is 11.5 Å². The summed E-state index contributed by atoms with van der Waals surface area (Å²) in [6, 6.07) is 7.51. The van der Waals surface area contributed by atoms with E-state index in [2.05, 4.69) is 15.4 Å². The minimum atomic E-state index is -4.84. The molecule has 0 saturated heterocycles. The lowest BCUT2D eigenvalue weighted by Gasteiger charge is -2.13. The molecule has 2 aromatic heterocycles. The summed E-state index contributed by atoms with van der Waals surface area (Å²) >= 11 is 0. The van der Waals surface area contributed by atoms with Gasteiger partial charge in [0.05, 0.1) is 26.1 Å². The second-order valence-corrected chi connectivity index (χ2v) is 7.00. The van der Waals surface area contributed by atoms with Crippen molar-refractivity contribution < 1.29 is 36.2 Å². The largest absolute Gasteiger partial charge is 0.493 e. The Morgan fingerprint density at radius 1 is 0.971 bits per heavy atom. The van der Waals surface area contributed by atoms with Crippen molar-refractivity contribution >= 4 is 17.2 Å². The Kier molecular flexibility index (Phi) is 5.82. The van der Waals surface area contributed by atoms with Gasteiger partial charge in [0, 0.05) is 17.3 Å². The van der Waals surface area contributed by atoms with Gasteiger partial charge >= 0.3 is 6.18 Å². The van der Waals surface area contributed by atoms with Gasteiger partial charge in [-0.3, -0.25) is 4.79 Å². The van der Waals surface area contributed by atoms with Gasteiger partial charge in [0.25, 0.3) is 5.91 Å². The molecule has 34 heavy (non-hydrogen) atoms. The number of fused-ring (bicyclic) bond motifs is 1. The molecule has 2 aromatic carbocycles. The topological polar surface area (TPSA) is 77.8 Å².